The van der Waals surface area contributed by atoms with E-state index in [9.17, 15) is 0 Å². The summed E-state index contributed by atoms with van der Waals surface area (Å²) in [7, 11) is 0. The lowest BCUT2D eigenvalue weighted by Gasteiger charge is -2.07. The minimum Gasteiger partial charge on any atom is -0.325 e. The summed E-state index contributed by atoms with van der Waals surface area (Å²) in [5.74, 6) is 0. The molecule has 0 atom stereocenters. The van der Waals surface area contributed by atoms with Crippen LogP contribution in [0.5, 0.6) is 0 Å². The zero-order valence-corrected chi connectivity index (χ0v) is 5.41. The van der Waals surface area contributed by atoms with E-state index >= 15 is 0 Å². The molecular weight excluding hydrogens is 126 g/mol. The van der Waals surface area contributed by atoms with Gasteiger partial charge in [-0.2, -0.15) is 0 Å². The molecule has 3 nitrogen and oxygen atoms in total. The fourth-order valence-electron chi connectivity index (χ4n) is 1.06. The monoisotopic (exact) mass is 133 g/mol. The zero-order valence-electron chi connectivity index (χ0n) is 5.41. The molecule has 2 heterocycles. The molecule has 1 N–H and O–H groups in total. The molecule has 50 valence electrons. The fraction of sp³-hybridized carbons (Fsp3) is 0.143. The first kappa shape index (κ1) is 5.41. The summed E-state index contributed by atoms with van der Waals surface area (Å²) in [6.07, 6.45) is 7.22. The van der Waals surface area contributed by atoms with Crippen molar-refractivity contribution in [3.63, 3.8) is 0 Å². The van der Waals surface area contributed by atoms with Crippen molar-refractivity contribution in [1.29, 1.82) is 5.41 Å². The highest BCUT2D eigenvalue weighted by Gasteiger charge is 2.07. The van der Waals surface area contributed by atoms with Gasteiger partial charge in [0.25, 0.3) is 0 Å². The number of allylic oxidation sites excluding steroid dienone is 2. The minimum absolute atomic E-state index is 0.545. The molecule has 0 amide bonds. The predicted molar refractivity (Wildman–Crippen MR) is 38.2 cm³/mol. The van der Waals surface area contributed by atoms with Gasteiger partial charge in [-0.05, 0) is 6.08 Å². The van der Waals surface area contributed by atoms with Crippen molar-refractivity contribution < 1.29 is 0 Å². The van der Waals surface area contributed by atoms with Gasteiger partial charge in [0, 0.05) is 6.54 Å². The first-order chi connectivity index (χ1) is 4.88. The summed E-state index contributed by atoms with van der Waals surface area (Å²) in [4.78, 5) is 3.94. The molecule has 0 aliphatic carbocycles. The highest BCUT2D eigenvalue weighted by molar-refractivity contribution is 6.05. The molecule has 1 aromatic heterocycles. The maximum Gasteiger partial charge on any atom is 0.0954 e. The summed E-state index contributed by atoms with van der Waals surface area (Å²) >= 11 is 0. The molecule has 3 heteroatoms. The van der Waals surface area contributed by atoms with Gasteiger partial charge >= 0.3 is 0 Å². The van der Waals surface area contributed by atoms with E-state index in [-0.39, 0.29) is 0 Å². The Morgan fingerprint density at radius 1 is 1.60 bits per heavy atom. The lowest BCUT2D eigenvalue weighted by molar-refractivity contribution is 0.803. The molecule has 0 unspecified atom stereocenters. The minimum atomic E-state index is 0.545. The van der Waals surface area contributed by atoms with Crippen molar-refractivity contribution >= 4 is 5.71 Å². The number of imidazole rings is 1. The predicted octanol–water partition coefficient (Wildman–Crippen LogP) is 0.821. The van der Waals surface area contributed by atoms with Gasteiger partial charge in [-0.25, -0.2) is 4.98 Å². The summed E-state index contributed by atoms with van der Waals surface area (Å²) in [6.45, 7) is 0.845. The molecule has 0 bridgehead atoms. The third-order valence-corrected chi connectivity index (χ3v) is 1.57. The van der Waals surface area contributed by atoms with Crippen molar-refractivity contribution in [2.75, 3.05) is 0 Å². The first-order valence-corrected chi connectivity index (χ1v) is 3.13. The summed E-state index contributed by atoms with van der Waals surface area (Å²) in [5, 5.41) is 7.44. The van der Waals surface area contributed by atoms with Crippen LogP contribution in [0.4, 0.5) is 0 Å². The van der Waals surface area contributed by atoms with Crippen molar-refractivity contribution in [3.05, 3.63) is 30.4 Å². The number of nitrogens with one attached hydrogen (secondary N) is 1. The van der Waals surface area contributed by atoms with E-state index in [1.54, 1.807) is 18.6 Å². The molecule has 0 aromatic carbocycles. The van der Waals surface area contributed by atoms with Crippen LogP contribution in [0.1, 0.15) is 5.69 Å². The number of hydrogen-bond donors (Lipinski definition) is 1. The lowest BCUT2D eigenvalue weighted by Crippen LogP contribution is -2.09. The van der Waals surface area contributed by atoms with Crippen molar-refractivity contribution in [3.8, 4) is 0 Å². The standard InChI is InChI=1S/C7H7N3/c8-6-2-1-3-10-5-9-4-7(6)10/h1-2,4-5,8H,3H2. The van der Waals surface area contributed by atoms with Crippen LogP contribution >= 0.6 is 0 Å². The average Bonchev–Trinajstić information content (AvgIpc) is 2.36. The second-order valence-corrected chi connectivity index (χ2v) is 2.25. The largest absolute Gasteiger partial charge is 0.325 e. The van der Waals surface area contributed by atoms with Gasteiger partial charge in [0.2, 0.25) is 0 Å². The topological polar surface area (TPSA) is 41.7 Å². The Morgan fingerprint density at radius 2 is 2.50 bits per heavy atom. The van der Waals surface area contributed by atoms with Crippen LogP contribution in [0.15, 0.2) is 24.7 Å². The van der Waals surface area contributed by atoms with Crippen molar-refractivity contribution in [2.24, 2.45) is 0 Å². The van der Waals surface area contributed by atoms with E-state index in [2.05, 4.69) is 4.98 Å². The lowest BCUT2D eigenvalue weighted by atomic mass is 10.2. The Morgan fingerprint density at radius 3 is 3.30 bits per heavy atom. The molecule has 1 aliphatic rings. The quantitative estimate of drug-likeness (QED) is 0.559. The maximum atomic E-state index is 7.44. The molecule has 1 aliphatic heterocycles. The molecule has 1 aromatic rings. The normalized spacial score (nSPS) is 15.4. The molecule has 0 radical (unpaired) electrons. The van der Waals surface area contributed by atoms with Gasteiger partial charge in [0.1, 0.15) is 0 Å². The Kier molecular flexibility index (Phi) is 0.974. The smallest absolute Gasteiger partial charge is 0.0954 e. The van der Waals surface area contributed by atoms with Crippen molar-refractivity contribution in [1.82, 2.24) is 9.55 Å². The van der Waals surface area contributed by atoms with E-state index in [1.807, 2.05) is 10.6 Å². The SMILES string of the molecule is N=C1C=CCn2cncc21. The van der Waals surface area contributed by atoms with Crippen LogP contribution in [-0.2, 0) is 6.54 Å². The van der Waals surface area contributed by atoms with Gasteiger partial charge in [-0.1, -0.05) is 6.08 Å². The third kappa shape index (κ3) is 0.603. The molecule has 10 heavy (non-hydrogen) atoms. The summed E-state index contributed by atoms with van der Waals surface area (Å²) < 4.78 is 1.95. The second kappa shape index (κ2) is 1.80. The highest BCUT2D eigenvalue weighted by Crippen LogP contribution is 2.06. The van der Waals surface area contributed by atoms with E-state index in [4.69, 9.17) is 5.41 Å². The van der Waals surface area contributed by atoms with Crippen LogP contribution in [0.25, 0.3) is 0 Å². The first-order valence-electron chi connectivity index (χ1n) is 3.13. The summed E-state index contributed by atoms with van der Waals surface area (Å²) in [6, 6.07) is 0. The van der Waals surface area contributed by atoms with E-state index in [0.29, 0.717) is 5.71 Å². The fourth-order valence-corrected chi connectivity index (χ4v) is 1.06. The maximum absolute atomic E-state index is 7.44. The number of rotatable bonds is 0. The Labute approximate surface area is 58.5 Å². The van der Waals surface area contributed by atoms with E-state index < -0.39 is 0 Å². The van der Waals surface area contributed by atoms with Crippen LogP contribution in [0, 0.1) is 5.41 Å². The molecule has 2 rings (SSSR count). The molecule has 0 saturated carbocycles. The van der Waals surface area contributed by atoms with Gasteiger partial charge in [0.05, 0.1) is 23.9 Å². The van der Waals surface area contributed by atoms with Crippen LogP contribution in [0.3, 0.4) is 0 Å². The number of nitrogens with zero attached hydrogens (tertiary/aromatic N) is 2. The average molecular weight is 133 g/mol. The number of hydrogen-bond acceptors (Lipinski definition) is 2. The number of fused-ring (bicyclic) bond motifs is 1. The van der Waals surface area contributed by atoms with Gasteiger partial charge in [-0.15, -0.1) is 0 Å². The Bertz CT molecular complexity index is 296. The molecular formula is C7H7N3. The second-order valence-electron chi connectivity index (χ2n) is 2.25. The van der Waals surface area contributed by atoms with Gasteiger partial charge in [0.15, 0.2) is 0 Å². The summed E-state index contributed by atoms with van der Waals surface area (Å²) in [5.41, 5.74) is 1.45. The van der Waals surface area contributed by atoms with Crippen LogP contribution < -0.4 is 0 Å². The van der Waals surface area contributed by atoms with Gasteiger partial charge < -0.3 is 4.57 Å². The van der Waals surface area contributed by atoms with Crippen LogP contribution in [0.2, 0.25) is 0 Å². The Balaban J connectivity index is 2.58. The van der Waals surface area contributed by atoms with Gasteiger partial charge in [-0.3, -0.25) is 5.41 Å². The van der Waals surface area contributed by atoms with Crippen molar-refractivity contribution in [2.45, 2.75) is 6.54 Å². The molecule has 0 saturated heterocycles. The third-order valence-electron chi connectivity index (χ3n) is 1.57. The molecule has 0 fully saturated rings. The zero-order chi connectivity index (χ0) is 6.97. The number of aromatic nitrogens is 2. The van der Waals surface area contributed by atoms with E-state index in [0.717, 1.165) is 12.2 Å². The molecule has 0 spiro atoms. The van der Waals surface area contributed by atoms with Crippen LogP contribution in [-0.4, -0.2) is 15.3 Å². The van der Waals surface area contributed by atoms with E-state index in [1.165, 1.54) is 0 Å². The highest BCUT2D eigenvalue weighted by atomic mass is 15.0. The Hall–Kier alpha value is -1.38.